The monoisotopic (exact) mass is 419 g/mol. The van der Waals surface area contributed by atoms with Crippen molar-refractivity contribution in [2.24, 2.45) is 0 Å². The molecule has 0 aliphatic carbocycles. The van der Waals surface area contributed by atoms with E-state index >= 15 is 0 Å². The van der Waals surface area contributed by atoms with Gasteiger partial charge >= 0.3 is 0 Å². The van der Waals surface area contributed by atoms with Crippen LogP contribution in [0.1, 0.15) is 29.7 Å². The summed E-state index contributed by atoms with van der Waals surface area (Å²) in [7, 11) is 0. The van der Waals surface area contributed by atoms with E-state index in [2.05, 4.69) is 15.6 Å². The minimum atomic E-state index is -0.432. The van der Waals surface area contributed by atoms with Gasteiger partial charge in [-0.25, -0.2) is 4.39 Å². The number of benzene rings is 1. The van der Waals surface area contributed by atoms with Crippen molar-refractivity contribution in [1.82, 2.24) is 10.3 Å². The first-order chi connectivity index (χ1) is 13.7. The SMILES string of the molecule is C1CCNC1.OCc1sc2c(-c3cc(Cl)cc4c3NCCC4)ccnc2c1F. The Kier molecular flexibility index (Phi) is 6.11. The van der Waals surface area contributed by atoms with Gasteiger partial charge in [-0.15, -0.1) is 11.3 Å². The highest BCUT2D eigenvalue weighted by molar-refractivity contribution is 7.19. The van der Waals surface area contributed by atoms with Gasteiger partial charge in [0.1, 0.15) is 5.52 Å². The minimum Gasteiger partial charge on any atom is -0.391 e. The molecule has 3 N–H and O–H groups in total. The molecule has 0 saturated carbocycles. The second-order valence-corrected chi connectivity index (χ2v) is 8.55. The fourth-order valence-corrected chi connectivity index (χ4v) is 4.99. The minimum absolute atomic E-state index is 0.307. The maximum atomic E-state index is 14.3. The topological polar surface area (TPSA) is 57.2 Å². The van der Waals surface area contributed by atoms with Crippen molar-refractivity contribution in [1.29, 1.82) is 0 Å². The fraction of sp³-hybridized carbons (Fsp3) is 0.381. The predicted molar refractivity (Wildman–Crippen MR) is 115 cm³/mol. The number of nitrogens with zero attached hydrogens (tertiary/aromatic N) is 1. The maximum absolute atomic E-state index is 14.3. The van der Waals surface area contributed by atoms with Gasteiger partial charge in [0.15, 0.2) is 5.82 Å². The first kappa shape index (κ1) is 19.6. The number of anilines is 1. The molecule has 1 aromatic carbocycles. The lowest BCUT2D eigenvalue weighted by Gasteiger charge is -2.22. The molecule has 5 rings (SSSR count). The zero-order chi connectivity index (χ0) is 19.5. The van der Waals surface area contributed by atoms with E-state index in [4.69, 9.17) is 11.6 Å². The van der Waals surface area contributed by atoms with Gasteiger partial charge in [-0.1, -0.05) is 11.6 Å². The highest BCUT2D eigenvalue weighted by Gasteiger charge is 2.20. The maximum Gasteiger partial charge on any atom is 0.165 e. The van der Waals surface area contributed by atoms with Crippen LogP contribution in [0.5, 0.6) is 0 Å². The van der Waals surface area contributed by atoms with Crippen molar-refractivity contribution in [3.05, 3.63) is 45.7 Å². The lowest BCUT2D eigenvalue weighted by atomic mass is 9.95. The number of pyridine rings is 1. The molecule has 4 nitrogen and oxygen atoms in total. The molecule has 0 amide bonds. The Hall–Kier alpha value is -1.73. The van der Waals surface area contributed by atoms with E-state index in [1.165, 1.54) is 42.8 Å². The number of nitrogens with one attached hydrogen (secondary N) is 2. The van der Waals surface area contributed by atoms with Gasteiger partial charge in [0.25, 0.3) is 0 Å². The van der Waals surface area contributed by atoms with Crippen molar-refractivity contribution < 1.29 is 9.50 Å². The number of aryl methyl sites for hydroxylation is 1. The number of aliphatic hydroxyl groups excluding tert-OH is 1. The van der Waals surface area contributed by atoms with E-state index in [-0.39, 0.29) is 6.61 Å². The lowest BCUT2D eigenvalue weighted by molar-refractivity contribution is 0.280. The third-order valence-electron chi connectivity index (χ3n) is 5.08. The number of thiophene rings is 1. The quantitative estimate of drug-likeness (QED) is 0.548. The first-order valence-corrected chi connectivity index (χ1v) is 10.8. The third kappa shape index (κ3) is 3.87. The standard InChI is InChI=1S/C17H14ClFN2OS.C4H9N/c18-10-6-9-2-1-4-20-15(9)12(7-10)11-3-5-21-16-14(19)13(8-22)23-17(11)16;1-2-4-5-3-1/h3,5-7,20,22H,1-2,4,8H2;5H,1-4H2. The summed E-state index contributed by atoms with van der Waals surface area (Å²) in [5, 5.41) is 16.7. The molecule has 2 aliphatic heterocycles. The van der Waals surface area contributed by atoms with Crippen LogP contribution in [0.4, 0.5) is 10.1 Å². The Balaban J connectivity index is 0.000000336. The molecule has 0 bridgehead atoms. The average Bonchev–Trinajstić information content (AvgIpc) is 3.39. The van der Waals surface area contributed by atoms with Crippen LogP contribution in [0.15, 0.2) is 24.4 Å². The van der Waals surface area contributed by atoms with Gasteiger partial charge in [0.05, 0.1) is 16.2 Å². The molecule has 7 heteroatoms. The van der Waals surface area contributed by atoms with Crippen molar-refractivity contribution in [3.8, 4) is 11.1 Å². The fourth-order valence-electron chi connectivity index (χ4n) is 3.72. The molecule has 0 spiro atoms. The van der Waals surface area contributed by atoms with E-state index in [9.17, 15) is 9.50 Å². The molecule has 3 aromatic rings. The van der Waals surface area contributed by atoms with Gasteiger partial charge in [0, 0.05) is 34.6 Å². The van der Waals surface area contributed by atoms with Gasteiger partial charge < -0.3 is 15.7 Å². The Bertz CT molecular complexity index is 980. The van der Waals surface area contributed by atoms with Crippen molar-refractivity contribution >= 4 is 38.8 Å². The van der Waals surface area contributed by atoms with Crippen LogP contribution in [0, 0.1) is 5.82 Å². The molecule has 0 radical (unpaired) electrons. The summed E-state index contributed by atoms with van der Waals surface area (Å²) < 4.78 is 15.0. The number of halogens is 2. The van der Waals surface area contributed by atoms with Crippen LogP contribution >= 0.6 is 22.9 Å². The molecular weight excluding hydrogens is 397 g/mol. The van der Waals surface area contributed by atoms with E-state index in [0.29, 0.717) is 15.4 Å². The second kappa shape index (κ2) is 8.74. The summed E-state index contributed by atoms with van der Waals surface area (Å²) in [4.78, 5) is 4.45. The van der Waals surface area contributed by atoms with Gasteiger partial charge in [-0.05, 0) is 62.5 Å². The lowest BCUT2D eigenvalue weighted by Crippen LogP contribution is -2.12. The van der Waals surface area contributed by atoms with Crippen LogP contribution in [0.2, 0.25) is 5.02 Å². The molecular formula is C21H23ClFN3OS. The number of aliphatic hydroxyl groups is 1. The molecule has 1 saturated heterocycles. The number of hydrogen-bond acceptors (Lipinski definition) is 5. The normalized spacial score (nSPS) is 15.7. The number of aromatic nitrogens is 1. The summed E-state index contributed by atoms with van der Waals surface area (Å²) in [5.74, 6) is -0.432. The summed E-state index contributed by atoms with van der Waals surface area (Å²) in [6.07, 6.45) is 6.43. The van der Waals surface area contributed by atoms with Gasteiger partial charge in [-0.3, -0.25) is 4.98 Å². The summed E-state index contributed by atoms with van der Waals surface area (Å²) in [5.41, 5.74) is 4.41. The number of hydrogen-bond donors (Lipinski definition) is 3. The number of fused-ring (bicyclic) bond motifs is 2. The third-order valence-corrected chi connectivity index (χ3v) is 6.47. The predicted octanol–water partition coefficient (Wildman–Crippen LogP) is 4.98. The van der Waals surface area contributed by atoms with E-state index in [1.807, 2.05) is 18.2 Å². The smallest absolute Gasteiger partial charge is 0.165 e. The molecule has 4 heterocycles. The summed E-state index contributed by atoms with van der Waals surface area (Å²) in [6.45, 7) is 3.09. The first-order valence-electron chi connectivity index (χ1n) is 9.63. The summed E-state index contributed by atoms with van der Waals surface area (Å²) in [6, 6.07) is 5.77. The van der Waals surface area contributed by atoms with Crippen LogP contribution in [0.3, 0.4) is 0 Å². The van der Waals surface area contributed by atoms with E-state index < -0.39 is 5.82 Å². The average molecular weight is 420 g/mol. The molecule has 2 aromatic heterocycles. The van der Waals surface area contributed by atoms with Crippen molar-refractivity contribution in [3.63, 3.8) is 0 Å². The van der Waals surface area contributed by atoms with Gasteiger partial charge in [0.2, 0.25) is 0 Å². The molecule has 148 valence electrons. The Morgan fingerprint density at radius 3 is 2.68 bits per heavy atom. The molecule has 28 heavy (non-hydrogen) atoms. The van der Waals surface area contributed by atoms with Crippen LogP contribution < -0.4 is 10.6 Å². The molecule has 1 fully saturated rings. The molecule has 2 aliphatic rings. The van der Waals surface area contributed by atoms with Crippen LogP contribution in [-0.4, -0.2) is 29.7 Å². The summed E-state index contributed by atoms with van der Waals surface area (Å²) >= 11 is 7.54. The van der Waals surface area contributed by atoms with Crippen LogP contribution in [0.25, 0.3) is 21.3 Å². The largest absolute Gasteiger partial charge is 0.391 e. The molecule has 0 unspecified atom stereocenters. The Morgan fingerprint density at radius 1 is 1.14 bits per heavy atom. The Morgan fingerprint density at radius 2 is 1.96 bits per heavy atom. The zero-order valence-electron chi connectivity index (χ0n) is 15.5. The van der Waals surface area contributed by atoms with Crippen molar-refractivity contribution in [2.75, 3.05) is 25.0 Å². The van der Waals surface area contributed by atoms with Gasteiger partial charge in [-0.2, -0.15) is 0 Å². The van der Waals surface area contributed by atoms with Crippen molar-refractivity contribution in [2.45, 2.75) is 32.3 Å². The van der Waals surface area contributed by atoms with E-state index in [1.54, 1.807) is 6.20 Å². The van der Waals surface area contributed by atoms with Crippen LogP contribution in [-0.2, 0) is 13.0 Å². The zero-order valence-corrected chi connectivity index (χ0v) is 17.1. The van der Waals surface area contributed by atoms with E-state index in [0.717, 1.165) is 40.9 Å². The number of rotatable bonds is 2. The Labute approximate surface area is 172 Å². The highest BCUT2D eigenvalue weighted by Crippen LogP contribution is 2.42. The molecule has 0 atom stereocenters. The highest BCUT2D eigenvalue weighted by atomic mass is 35.5. The second-order valence-electron chi connectivity index (χ2n) is 7.01.